The minimum absolute atomic E-state index is 0.144. The number of benzene rings is 1. The number of allylic oxidation sites excluding steroid dienone is 4. The van der Waals surface area contributed by atoms with Crippen molar-refractivity contribution in [2.24, 2.45) is 0 Å². The summed E-state index contributed by atoms with van der Waals surface area (Å²) in [6.45, 7) is 3.87. The van der Waals surface area contributed by atoms with Gasteiger partial charge in [0.05, 0.1) is 19.8 Å². The van der Waals surface area contributed by atoms with Crippen molar-refractivity contribution >= 4 is 16.9 Å². The first kappa shape index (κ1) is 23.2. The fraction of sp³-hybridized carbons (Fsp3) is 0.381. The molecule has 1 aromatic carbocycles. The first-order valence-corrected chi connectivity index (χ1v) is 9.85. The van der Waals surface area contributed by atoms with E-state index in [9.17, 15) is 26.3 Å². The van der Waals surface area contributed by atoms with Gasteiger partial charge in [-0.15, -0.1) is 0 Å². The van der Waals surface area contributed by atoms with Gasteiger partial charge in [-0.3, -0.25) is 0 Å². The minimum atomic E-state index is -5.63. The Morgan fingerprint density at radius 2 is 1.45 bits per heavy atom. The number of hydrogen-bond donors (Lipinski definition) is 0. The van der Waals surface area contributed by atoms with Gasteiger partial charge in [0.25, 0.3) is 0 Å². The van der Waals surface area contributed by atoms with Gasteiger partial charge in [0.15, 0.2) is 0 Å². The number of hydrogen-bond acceptors (Lipinski definition) is 4. The van der Waals surface area contributed by atoms with Crippen LogP contribution in [0.2, 0.25) is 0 Å². The monoisotopic (exact) mass is 463 g/mol. The molecule has 3 rings (SSSR count). The molecule has 2 aromatic rings. The topological polar surface area (TPSA) is 31.4 Å². The number of thiazole rings is 1. The molecule has 0 amide bonds. The van der Waals surface area contributed by atoms with E-state index in [-0.39, 0.29) is 21.2 Å². The van der Waals surface area contributed by atoms with Gasteiger partial charge in [0.2, 0.25) is 5.06 Å². The van der Waals surface area contributed by atoms with E-state index in [2.05, 4.69) is 4.98 Å². The van der Waals surface area contributed by atoms with Gasteiger partial charge in [-0.1, -0.05) is 16.9 Å². The third-order valence-electron chi connectivity index (χ3n) is 5.15. The smallest absolute Gasteiger partial charge is 0.380 e. The van der Waals surface area contributed by atoms with Crippen molar-refractivity contribution < 1.29 is 35.8 Å². The summed E-state index contributed by atoms with van der Waals surface area (Å²) in [6.07, 6.45) is 0. The maximum Gasteiger partial charge on any atom is 0.380 e. The second kappa shape index (κ2) is 7.58. The third kappa shape index (κ3) is 3.31. The summed E-state index contributed by atoms with van der Waals surface area (Å²) < 4.78 is 97.8. The van der Waals surface area contributed by atoms with Gasteiger partial charge in [-0.05, 0) is 50.6 Å². The van der Waals surface area contributed by atoms with Crippen LogP contribution in [-0.2, 0) is 0 Å². The quantitative estimate of drug-likeness (QED) is 0.454. The molecular weight excluding hydrogens is 444 g/mol. The standard InChI is InChI=1S/C21H19F6NO2S/c1-10(2)11(3)14-15(20(24,25)21(26,27)19(14,22)23)16-18(30-5)31-17(28-16)12-6-8-13(29-4)9-7-12/h6-9H,1-5H3. The normalized spacial score (nSPS) is 18.8. The van der Waals surface area contributed by atoms with Crippen LogP contribution in [0.4, 0.5) is 26.3 Å². The number of ether oxygens (including phenoxy) is 2. The van der Waals surface area contributed by atoms with Crippen molar-refractivity contribution in [1.82, 2.24) is 4.98 Å². The lowest BCUT2D eigenvalue weighted by Gasteiger charge is -2.25. The number of nitrogens with zero attached hydrogens (tertiary/aromatic N) is 1. The van der Waals surface area contributed by atoms with E-state index in [0.29, 0.717) is 11.3 Å². The summed E-state index contributed by atoms with van der Waals surface area (Å²) in [6, 6.07) is 6.34. The van der Waals surface area contributed by atoms with Crippen molar-refractivity contribution in [3.05, 3.63) is 46.7 Å². The molecule has 31 heavy (non-hydrogen) atoms. The molecule has 3 nitrogen and oxygen atoms in total. The Hall–Kier alpha value is -2.49. The first-order valence-electron chi connectivity index (χ1n) is 9.04. The molecule has 0 spiro atoms. The average molecular weight is 463 g/mol. The predicted octanol–water partition coefficient (Wildman–Crippen LogP) is 6.86. The zero-order valence-electron chi connectivity index (χ0n) is 17.2. The molecule has 10 heteroatoms. The summed E-state index contributed by atoms with van der Waals surface area (Å²) in [4.78, 5) is 4.03. The Bertz CT molecular complexity index is 1070. The van der Waals surface area contributed by atoms with E-state index in [0.717, 1.165) is 25.4 Å². The molecule has 0 N–H and O–H groups in total. The third-order valence-corrected chi connectivity index (χ3v) is 6.21. The molecule has 0 unspecified atom stereocenters. The SMILES string of the molecule is COc1ccc(-c2nc(C3=C(C(C)=C(C)C)C(F)(F)C(F)(F)C3(F)F)c(OC)s2)cc1. The summed E-state index contributed by atoms with van der Waals surface area (Å²) in [5.41, 5.74) is -3.36. The predicted molar refractivity (Wildman–Crippen MR) is 106 cm³/mol. The molecule has 0 aliphatic heterocycles. The number of aromatic nitrogens is 1. The van der Waals surface area contributed by atoms with E-state index in [4.69, 9.17) is 9.47 Å². The van der Waals surface area contributed by atoms with E-state index in [1.165, 1.54) is 21.0 Å². The Morgan fingerprint density at radius 1 is 0.871 bits per heavy atom. The van der Waals surface area contributed by atoms with E-state index >= 15 is 0 Å². The Labute approximate surface area is 179 Å². The summed E-state index contributed by atoms with van der Waals surface area (Å²) in [5, 5.41) is -0.126. The largest absolute Gasteiger partial charge is 0.497 e. The number of halogens is 6. The highest BCUT2D eigenvalue weighted by Gasteiger charge is 2.80. The van der Waals surface area contributed by atoms with Gasteiger partial charge in [0, 0.05) is 11.1 Å². The fourth-order valence-electron chi connectivity index (χ4n) is 3.22. The van der Waals surface area contributed by atoms with Crippen molar-refractivity contribution in [1.29, 1.82) is 0 Å². The summed E-state index contributed by atoms with van der Waals surface area (Å²) in [5.74, 6) is -15.4. The van der Waals surface area contributed by atoms with Crippen LogP contribution in [0.25, 0.3) is 16.1 Å². The Morgan fingerprint density at radius 3 is 1.94 bits per heavy atom. The van der Waals surface area contributed by atoms with Crippen LogP contribution >= 0.6 is 11.3 Å². The lowest BCUT2D eigenvalue weighted by Crippen LogP contribution is -2.49. The Kier molecular flexibility index (Phi) is 5.67. The van der Waals surface area contributed by atoms with Gasteiger partial charge in [-0.25, -0.2) is 4.98 Å². The van der Waals surface area contributed by atoms with Crippen molar-refractivity contribution in [2.45, 2.75) is 38.5 Å². The maximum atomic E-state index is 14.9. The molecule has 1 aliphatic carbocycles. The lowest BCUT2D eigenvalue weighted by atomic mass is 9.96. The molecule has 1 heterocycles. The van der Waals surface area contributed by atoms with Crippen molar-refractivity contribution in [2.75, 3.05) is 14.2 Å². The highest BCUT2D eigenvalue weighted by atomic mass is 32.1. The summed E-state index contributed by atoms with van der Waals surface area (Å²) >= 11 is 0.789. The van der Waals surface area contributed by atoms with Crippen LogP contribution in [0.15, 0.2) is 41.0 Å². The van der Waals surface area contributed by atoms with E-state index < -0.39 is 34.6 Å². The second-order valence-electron chi connectivity index (χ2n) is 7.19. The number of alkyl halides is 6. The van der Waals surface area contributed by atoms with Crippen LogP contribution in [0.5, 0.6) is 10.8 Å². The van der Waals surface area contributed by atoms with Crippen LogP contribution in [-0.4, -0.2) is 37.0 Å². The molecule has 0 saturated carbocycles. The lowest BCUT2D eigenvalue weighted by molar-refractivity contribution is -0.259. The minimum Gasteiger partial charge on any atom is -0.497 e. The molecule has 0 saturated heterocycles. The van der Waals surface area contributed by atoms with Crippen LogP contribution < -0.4 is 9.47 Å². The van der Waals surface area contributed by atoms with Crippen LogP contribution in [0, 0.1) is 0 Å². The zero-order valence-corrected chi connectivity index (χ0v) is 18.1. The average Bonchev–Trinajstić information content (AvgIpc) is 3.17. The first-order chi connectivity index (χ1) is 14.3. The van der Waals surface area contributed by atoms with E-state index in [1.54, 1.807) is 24.3 Å². The van der Waals surface area contributed by atoms with Crippen molar-refractivity contribution in [3.63, 3.8) is 0 Å². The fourth-order valence-corrected chi connectivity index (χ4v) is 4.12. The second-order valence-corrected chi connectivity index (χ2v) is 8.15. The van der Waals surface area contributed by atoms with Crippen molar-refractivity contribution in [3.8, 4) is 21.4 Å². The van der Waals surface area contributed by atoms with Gasteiger partial charge in [-0.2, -0.15) is 26.3 Å². The van der Waals surface area contributed by atoms with E-state index in [1.807, 2.05) is 0 Å². The molecule has 1 aromatic heterocycles. The molecule has 0 fully saturated rings. The molecule has 0 atom stereocenters. The van der Waals surface area contributed by atoms with Crippen LogP contribution in [0.1, 0.15) is 26.5 Å². The molecule has 168 valence electrons. The number of rotatable bonds is 5. The highest BCUT2D eigenvalue weighted by molar-refractivity contribution is 7.17. The molecule has 0 bridgehead atoms. The van der Waals surface area contributed by atoms with Gasteiger partial charge < -0.3 is 9.47 Å². The Balaban J connectivity index is 2.33. The van der Waals surface area contributed by atoms with Gasteiger partial charge >= 0.3 is 17.8 Å². The molecule has 1 aliphatic rings. The highest BCUT2D eigenvalue weighted by Crippen LogP contribution is 2.64. The van der Waals surface area contributed by atoms with Gasteiger partial charge in [0.1, 0.15) is 16.5 Å². The maximum absolute atomic E-state index is 14.9. The summed E-state index contributed by atoms with van der Waals surface area (Å²) in [7, 11) is 2.59. The number of methoxy groups -OCH3 is 2. The zero-order chi connectivity index (χ0) is 23.4. The molecule has 0 radical (unpaired) electrons. The molecular formula is C21H19F6NO2S. The van der Waals surface area contributed by atoms with Crippen LogP contribution in [0.3, 0.4) is 0 Å².